The Morgan fingerprint density at radius 1 is 0.688 bits per heavy atom. The van der Waals surface area contributed by atoms with Crippen LogP contribution in [0, 0.1) is 0 Å². The zero-order chi connectivity index (χ0) is 21.4. The van der Waals surface area contributed by atoms with Gasteiger partial charge in [0, 0.05) is 33.3 Å². The molecule has 1 aliphatic rings. The molecule has 0 unspecified atom stereocenters. The van der Waals surface area contributed by atoms with E-state index >= 15 is 0 Å². The third-order valence-corrected chi connectivity index (χ3v) is 7.14. The molecule has 4 aromatic carbocycles. The maximum atomic E-state index is 6.45. The summed E-state index contributed by atoms with van der Waals surface area (Å²) in [6, 6.07) is 30.3. The number of hydrogen-bond donors (Lipinski definition) is 0. The predicted molar refractivity (Wildman–Crippen MR) is 132 cm³/mol. The highest BCUT2D eigenvalue weighted by molar-refractivity contribution is 6.12. The van der Waals surface area contributed by atoms with E-state index in [1.54, 1.807) is 0 Å². The molecule has 0 N–H and O–H groups in total. The molecule has 152 valence electrons. The third-order valence-electron chi connectivity index (χ3n) is 7.14. The molecule has 0 spiro atoms. The van der Waals surface area contributed by atoms with Gasteiger partial charge in [-0.25, -0.2) is 0 Å². The Balaban J connectivity index is 1.56. The summed E-state index contributed by atoms with van der Waals surface area (Å²) in [6.45, 7) is 4.63. The van der Waals surface area contributed by atoms with Gasteiger partial charge in [-0.1, -0.05) is 74.5 Å². The van der Waals surface area contributed by atoms with Gasteiger partial charge in [-0.15, -0.1) is 0 Å². The van der Waals surface area contributed by atoms with Crippen molar-refractivity contribution in [1.29, 1.82) is 0 Å². The highest BCUT2D eigenvalue weighted by Gasteiger charge is 2.37. The minimum absolute atomic E-state index is 0.0727. The lowest BCUT2D eigenvalue weighted by Crippen LogP contribution is -2.14. The normalized spacial score (nSPS) is 14.2. The van der Waals surface area contributed by atoms with Crippen LogP contribution in [0.15, 0.2) is 95.5 Å². The van der Waals surface area contributed by atoms with Gasteiger partial charge in [0.1, 0.15) is 11.2 Å². The molecule has 0 saturated heterocycles. The summed E-state index contributed by atoms with van der Waals surface area (Å²) < 4.78 is 6.45. The standard InChI is InChI=1S/C30H21NO/c1-30(2)24-14-12-18(19-8-5-10-26-20(19)9-6-16-31-26)17-23(24)28-25(30)15-13-22-21-7-3-4-11-27(21)32-29(22)28/h3-17H,1-2H3. The number of pyridine rings is 1. The van der Waals surface area contributed by atoms with Crippen molar-refractivity contribution in [1.82, 2.24) is 4.98 Å². The van der Waals surface area contributed by atoms with Crippen LogP contribution in [-0.4, -0.2) is 4.98 Å². The number of rotatable bonds is 1. The summed E-state index contributed by atoms with van der Waals surface area (Å²) >= 11 is 0. The van der Waals surface area contributed by atoms with Gasteiger partial charge < -0.3 is 4.42 Å². The lowest BCUT2D eigenvalue weighted by Gasteiger charge is -2.21. The van der Waals surface area contributed by atoms with E-state index < -0.39 is 0 Å². The van der Waals surface area contributed by atoms with Gasteiger partial charge in [-0.05, 0) is 52.1 Å². The number of aromatic nitrogens is 1. The second kappa shape index (κ2) is 6.08. The van der Waals surface area contributed by atoms with Crippen molar-refractivity contribution in [3.05, 3.63) is 102 Å². The van der Waals surface area contributed by atoms with Gasteiger partial charge in [0.25, 0.3) is 0 Å². The minimum atomic E-state index is -0.0727. The molecule has 0 aliphatic heterocycles. The smallest absolute Gasteiger partial charge is 0.143 e. The van der Waals surface area contributed by atoms with E-state index in [4.69, 9.17) is 4.42 Å². The number of para-hydroxylation sites is 1. The Morgan fingerprint density at radius 3 is 2.47 bits per heavy atom. The minimum Gasteiger partial charge on any atom is -0.455 e. The quantitative estimate of drug-likeness (QED) is 0.273. The van der Waals surface area contributed by atoms with Crippen LogP contribution in [0.2, 0.25) is 0 Å². The molecule has 0 amide bonds. The van der Waals surface area contributed by atoms with Crippen LogP contribution in [0.1, 0.15) is 25.0 Å². The van der Waals surface area contributed by atoms with Crippen molar-refractivity contribution in [2.45, 2.75) is 19.3 Å². The van der Waals surface area contributed by atoms with Gasteiger partial charge in [0.05, 0.1) is 5.52 Å². The molecule has 32 heavy (non-hydrogen) atoms. The predicted octanol–water partition coefficient (Wildman–Crippen LogP) is 8.11. The van der Waals surface area contributed by atoms with E-state index in [0.29, 0.717) is 0 Å². The van der Waals surface area contributed by atoms with E-state index in [-0.39, 0.29) is 5.41 Å². The van der Waals surface area contributed by atoms with E-state index in [0.717, 1.165) is 16.7 Å². The molecule has 2 heteroatoms. The average molecular weight is 412 g/mol. The van der Waals surface area contributed by atoms with Crippen molar-refractivity contribution < 1.29 is 4.42 Å². The molecule has 1 aliphatic carbocycles. The molecule has 2 heterocycles. The zero-order valence-corrected chi connectivity index (χ0v) is 18.0. The summed E-state index contributed by atoms with van der Waals surface area (Å²) in [4.78, 5) is 4.55. The number of benzene rings is 4. The summed E-state index contributed by atoms with van der Waals surface area (Å²) in [6.07, 6.45) is 1.85. The van der Waals surface area contributed by atoms with Crippen molar-refractivity contribution in [3.8, 4) is 22.3 Å². The van der Waals surface area contributed by atoms with Gasteiger partial charge in [0.15, 0.2) is 0 Å². The lowest BCUT2D eigenvalue weighted by molar-refractivity contribution is 0.653. The number of fused-ring (bicyclic) bond motifs is 8. The maximum Gasteiger partial charge on any atom is 0.143 e. The maximum absolute atomic E-state index is 6.45. The fourth-order valence-electron chi connectivity index (χ4n) is 5.54. The molecular weight excluding hydrogens is 390 g/mol. The van der Waals surface area contributed by atoms with E-state index in [2.05, 4.69) is 91.6 Å². The average Bonchev–Trinajstić information content (AvgIpc) is 3.31. The van der Waals surface area contributed by atoms with Crippen LogP contribution in [0.5, 0.6) is 0 Å². The summed E-state index contributed by atoms with van der Waals surface area (Å²) in [7, 11) is 0. The summed E-state index contributed by atoms with van der Waals surface area (Å²) in [5, 5.41) is 3.53. The molecule has 0 radical (unpaired) electrons. The van der Waals surface area contributed by atoms with Crippen LogP contribution < -0.4 is 0 Å². The van der Waals surface area contributed by atoms with Crippen LogP contribution >= 0.6 is 0 Å². The molecule has 0 bridgehead atoms. The molecule has 0 fully saturated rings. The first kappa shape index (κ1) is 17.7. The monoisotopic (exact) mass is 411 g/mol. The van der Waals surface area contributed by atoms with Crippen LogP contribution in [0.25, 0.3) is 55.1 Å². The second-order valence-corrected chi connectivity index (χ2v) is 9.22. The van der Waals surface area contributed by atoms with Crippen molar-refractivity contribution in [2.75, 3.05) is 0 Å². The Labute approximate surface area is 186 Å². The number of hydrogen-bond acceptors (Lipinski definition) is 2. The van der Waals surface area contributed by atoms with Crippen molar-refractivity contribution in [3.63, 3.8) is 0 Å². The fraction of sp³-hybridized carbons (Fsp3) is 0.100. The van der Waals surface area contributed by atoms with Crippen molar-refractivity contribution in [2.24, 2.45) is 0 Å². The van der Waals surface area contributed by atoms with E-state index in [1.165, 1.54) is 49.5 Å². The second-order valence-electron chi connectivity index (χ2n) is 9.22. The number of furan rings is 1. The molecule has 2 aromatic heterocycles. The zero-order valence-electron chi connectivity index (χ0n) is 18.0. The molecule has 0 saturated carbocycles. The third kappa shape index (κ3) is 2.22. The summed E-state index contributed by atoms with van der Waals surface area (Å²) in [5.74, 6) is 0. The highest BCUT2D eigenvalue weighted by atomic mass is 16.3. The first-order chi connectivity index (χ1) is 15.6. The van der Waals surface area contributed by atoms with Crippen LogP contribution in [0.4, 0.5) is 0 Å². The molecular formula is C30H21NO. The Morgan fingerprint density at radius 2 is 1.53 bits per heavy atom. The molecule has 7 rings (SSSR count). The summed E-state index contributed by atoms with van der Waals surface area (Å²) in [5.41, 5.74) is 10.5. The fourth-order valence-corrected chi connectivity index (χ4v) is 5.54. The Bertz CT molecular complexity index is 1700. The molecule has 2 nitrogen and oxygen atoms in total. The largest absolute Gasteiger partial charge is 0.455 e. The molecule has 6 aromatic rings. The van der Waals surface area contributed by atoms with Crippen molar-refractivity contribution >= 4 is 32.8 Å². The highest BCUT2D eigenvalue weighted by Crippen LogP contribution is 2.53. The van der Waals surface area contributed by atoms with Crippen LogP contribution in [-0.2, 0) is 5.41 Å². The van der Waals surface area contributed by atoms with Gasteiger partial charge in [0.2, 0.25) is 0 Å². The first-order valence-corrected chi connectivity index (χ1v) is 11.1. The van der Waals surface area contributed by atoms with E-state index in [1.807, 2.05) is 18.3 Å². The Kier molecular flexibility index (Phi) is 3.37. The van der Waals surface area contributed by atoms with E-state index in [9.17, 15) is 0 Å². The topological polar surface area (TPSA) is 26.0 Å². The van der Waals surface area contributed by atoms with Crippen LogP contribution in [0.3, 0.4) is 0 Å². The lowest BCUT2D eigenvalue weighted by atomic mass is 9.82. The van der Waals surface area contributed by atoms with Gasteiger partial charge >= 0.3 is 0 Å². The van der Waals surface area contributed by atoms with Gasteiger partial charge in [-0.3, -0.25) is 4.98 Å². The molecule has 0 atom stereocenters. The Hall–Kier alpha value is -3.91. The number of nitrogens with zero attached hydrogens (tertiary/aromatic N) is 1. The SMILES string of the molecule is CC1(C)c2ccc(-c3cccc4ncccc34)cc2-c2c1ccc1c2oc2ccccc21. The van der Waals surface area contributed by atoms with Gasteiger partial charge in [-0.2, -0.15) is 0 Å². The first-order valence-electron chi connectivity index (χ1n) is 11.1.